The van der Waals surface area contributed by atoms with Crippen LogP contribution < -0.4 is 4.57 Å². The molecule has 0 aliphatic rings. The first-order valence-electron chi connectivity index (χ1n) is 7.79. The number of hydrogen-bond donors (Lipinski definition) is 0. The Morgan fingerprint density at radius 3 is 1.72 bits per heavy atom. The van der Waals surface area contributed by atoms with Crippen molar-refractivity contribution < 1.29 is 21.8 Å². The summed E-state index contributed by atoms with van der Waals surface area (Å²) in [5.74, 6) is 1.23. The molecular weight excluding hydrogens is 331 g/mol. The molecule has 0 spiro atoms. The minimum atomic E-state index is -6.00. The van der Waals surface area contributed by atoms with Gasteiger partial charge in [0.25, 0.3) is 5.82 Å². The topological polar surface area (TPSA) is 8.81 Å². The van der Waals surface area contributed by atoms with Gasteiger partial charge in [0.2, 0.25) is 0 Å². The van der Waals surface area contributed by atoms with Gasteiger partial charge >= 0.3 is 7.25 Å². The third-order valence-corrected chi connectivity index (χ3v) is 3.23. The summed E-state index contributed by atoms with van der Waals surface area (Å²) in [5.41, 5.74) is 2.55. The molecule has 1 heterocycles. The number of halogens is 4. The molecule has 0 radical (unpaired) electrons. The predicted molar refractivity (Wildman–Crippen MR) is 96.9 cm³/mol. The zero-order valence-corrected chi connectivity index (χ0v) is 14.4. The Morgan fingerprint density at radius 1 is 0.800 bits per heavy atom. The normalized spacial score (nSPS) is 10.4. The quantitative estimate of drug-likeness (QED) is 0.250. The highest BCUT2D eigenvalue weighted by molar-refractivity contribution is 6.50. The molecule has 0 saturated carbocycles. The molecule has 1 aromatic rings. The van der Waals surface area contributed by atoms with Crippen LogP contribution in [0.4, 0.5) is 17.3 Å². The summed E-state index contributed by atoms with van der Waals surface area (Å²) >= 11 is 0. The second-order valence-electron chi connectivity index (χ2n) is 5.08. The standard InChI is InChI=1S/C18H25N2.BF4/c1-6-11-16-17(12-7-2)20(15-10-5)18(13-8-3)19(16)14-9-4;2-1(3,4)5/h6-10H,1-5,11-15H2;/q+1;-1. The average Bonchev–Trinajstić information content (AvgIpc) is 2.75. The van der Waals surface area contributed by atoms with Crippen LogP contribution in [0.2, 0.25) is 0 Å². The van der Waals surface area contributed by atoms with Crippen LogP contribution in [0.1, 0.15) is 17.2 Å². The first-order valence-corrected chi connectivity index (χ1v) is 7.79. The van der Waals surface area contributed by atoms with Crippen LogP contribution in [-0.4, -0.2) is 11.8 Å². The maximum Gasteiger partial charge on any atom is 0.673 e. The van der Waals surface area contributed by atoms with Crippen molar-refractivity contribution in [1.82, 2.24) is 4.57 Å². The van der Waals surface area contributed by atoms with Gasteiger partial charge in [0.05, 0.1) is 6.42 Å². The van der Waals surface area contributed by atoms with Crippen molar-refractivity contribution in [1.29, 1.82) is 0 Å². The van der Waals surface area contributed by atoms with Gasteiger partial charge in [0.15, 0.2) is 11.4 Å². The minimum absolute atomic E-state index is 0.792. The SMILES string of the molecule is C=CCc1c(CC=C)[n+](CC=C)c(CC=C)n1CC=C.F[B-](F)(F)F. The van der Waals surface area contributed by atoms with E-state index >= 15 is 0 Å². The molecule has 7 heteroatoms. The molecule has 2 nitrogen and oxygen atoms in total. The van der Waals surface area contributed by atoms with E-state index in [1.807, 2.05) is 30.4 Å². The third kappa shape index (κ3) is 7.87. The van der Waals surface area contributed by atoms with Gasteiger partial charge in [-0.3, -0.25) is 0 Å². The Bertz CT molecular complexity index is 483. The molecule has 138 valence electrons. The Kier molecular flexibility index (Phi) is 10.2. The predicted octanol–water partition coefficient (Wildman–Crippen LogP) is 4.63. The van der Waals surface area contributed by atoms with E-state index in [2.05, 4.69) is 42.0 Å². The van der Waals surface area contributed by atoms with E-state index in [0.29, 0.717) is 0 Å². The monoisotopic (exact) mass is 356 g/mol. The smallest absolute Gasteiger partial charge is 0.418 e. The molecule has 0 atom stereocenters. The van der Waals surface area contributed by atoms with Gasteiger partial charge in [-0.1, -0.05) is 43.5 Å². The minimum Gasteiger partial charge on any atom is -0.418 e. The van der Waals surface area contributed by atoms with E-state index in [0.717, 1.165) is 32.4 Å². The highest BCUT2D eigenvalue weighted by Crippen LogP contribution is 2.15. The molecule has 0 N–H and O–H groups in total. The first kappa shape index (κ1) is 22.7. The summed E-state index contributed by atoms with van der Waals surface area (Å²) < 4.78 is 43.6. The summed E-state index contributed by atoms with van der Waals surface area (Å²) in [6.07, 6.45) is 12.2. The number of aromatic nitrogens is 2. The summed E-state index contributed by atoms with van der Waals surface area (Å²) in [6.45, 7) is 20.9. The van der Waals surface area contributed by atoms with Gasteiger partial charge in [-0.05, 0) is 0 Å². The molecule has 0 amide bonds. The largest absolute Gasteiger partial charge is 0.673 e. The van der Waals surface area contributed by atoms with Gasteiger partial charge in [0.1, 0.15) is 13.1 Å². The number of rotatable bonds is 10. The van der Waals surface area contributed by atoms with Crippen LogP contribution in [0.25, 0.3) is 0 Å². The molecule has 0 aliphatic carbocycles. The molecule has 0 bridgehead atoms. The fraction of sp³-hybridized carbons (Fsp3) is 0.278. The second-order valence-corrected chi connectivity index (χ2v) is 5.08. The Balaban J connectivity index is 0.00000101. The zero-order chi connectivity index (χ0) is 19.5. The van der Waals surface area contributed by atoms with Gasteiger partial charge in [0, 0.05) is 12.8 Å². The molecule has 1 rings (SSSR count). The van der Waals surface area contributed by atoms with E-state index in [-0.39, 0.29) is 0 Å². The average molecular weight is 356 g/mol. The highest BCUT2D eigenvalue weighted by atomic mass is 19.5. The maximum atomic E-state index is 9.75. The van der Waals surface area contributed by atoms with Crippen molar-refractivity contribution in [3.63, 3.8) is 0 Å². The molecule has 0 aromatic carbocycles. The van der Waals surface area contributed by atoms with Gasteiger partial charge in [-0.2, -0.15) is 0 Å². The van der Waals surface area contributed by atoms with Crippen LogP contribution >= 0.6 is 0 Å². The van der Waals surface area contributed by atoms with Crippen molar-refractivity contribution in [3.05, 3.63) is 80.5 Å². The molecule has 0 fully saturated rings. The lowest BCUT2D eigenvalue weighted by Crippen LogP contribution is -2.40. The highest BCUT2D eigenvalue weighted by Gasteiger charge is 2.26. The van der Waals surface area contributed by atoms with Gasteiger partial charge in [-0.15, -0.1) is 19.7 Å². The maximum absolute atomic E-state index is 9.75. The fourth-order valence-corrected chi connectivity index (χ4v) is 2.54. The zero-order valence-electron chi connectivity index (χ0n) is 14.4. The summed E-state index contributed by atoms with van der Waals surface area (Å²) in [6, 6.07) is 0. The molecular formula is C18H25BF4N2. The van der Waals surface area contributed by atoms with Crippen molar-refractivity contribution >= 4 is 7.25 Å². The second kappa shape index (κ2) is 11.3. The summed E-state index contributed by atoms with van der Waals surface area (Å²) in [5, 5.41) is 0. The Morgan fingerprint density at radius 2 is 1.32 bits per heavy atom. The van der Waals surface area contributed by atoms with E-state index in [4.69, 9.17) is 0 Å². The van der Waals surface area contributed by atoms with Crippen LogP contribution in [0, 0.1) is 0 Å². The van der Waals surface area contributed by atoms with Crippen LogP contribution in [-0.2, 0) is 32.4 Å². The Labute approximate surface area is 147 Å². The summed E-state index contributed by atoms with van der Waals surface area (Å²) in [7, 11) is -6.00. The molecule has 0 unspecified atom stereocenters. The number of nitrogens with zero attached hydrogens (tertiary/aromatic N) is 2. The van der Waals surface area contributed by atoms with Crippen molar-refractivity contribution in [2.24, 2.45) is 0 Å². The lowest BCUT2D eigenvalue weighted by molar-refractivity contribution is -0.700. The van der Waals surface area contributed by atoms with Crippen LogP contribution in [0.5, 0.6) is 0 Å². The van der Waals surface area contributed by atoms with E-state index < -0.39 is 7.25 Å². The van der Waals surface area contributed by atoms with Crippen molar-refractivity contribution in [2.45, 2.75) is 32.4 Å². The molecule has 0 saturated heterocycles. The number of imidazole rings is 1. The van der Waals surface area contributed by atoms with E-state index in [1.165, 1.54) is 17.2 Å². The van der Waals surface area contributed by atoms with Crippen LogP contribution in [0.15, 0.2) is 63.3 Å². The summed E-state index contributed by atoms with van der Waals surface area (Å²) in [4.78, 5) is 0. The van der Waals surface area contributed by atoms with Crippen LogP contribution in [0.3, 0.4) is 0 Å². The Hall–Kier alpha value is -2.31. The lowest BCUT2D eigenvalue weighted by atomic mass is 10.2. The lowest BCUT2D eigenvalue weighted by Gasteiger charge is -2.01. The van der Waals surface area contributed by atoms with Gasteiger partial charge < -0.3 is 17.3 Å². The van der Waals surface area contributed by atoms with Gasteiger partial charge in [-0.25, -0.2) is 9.13 Å². The molecule has 25 heavy (non-hydrogen) atoms. The number of allylic oxidation sites excluding steroid dienone is 5. The molecule has 0 aliphatic heterocycles. The number of hydrogen-bond acceptors (Lipinski definition) is 0. The van der Waals surface area contributed by atoms with Crippen molar-refractivity contribution in [2.75, 3.05) is 0 Å². The van der Waals surface area contributed by atoms with E-state index in [9.17, 15) is 17.3 Å². The fourth-order valence-electron chi connectivity index (χ4n) is 2.54. The first-order chi connectivity index (χ1) is 11.7. The van der Waals surface area contributed by atoms with Crippen molar-refractivity contribution in [3.8, 4) is 0 Å². The third-order valence-electron chi connectivity index (χ3n) is 3.23. The molecule has 1 aromatic heterocycles. The van der Waals surface area contributed by atoms with E-state index in [1.54, 1.807) is 0 Å².